The molecule has 0 amide bonds. The Kier molecular flexibility index (Phi) is 14.5. The Labute approximate surface area is 62.2 Å². The van der Waals surface area contributed by atoms with Gasteiger partial charge in [-0.1, -0.05) is 0 Å². The van der Waals surface area contributed by atoms with Crippen molar-refractivity contribution in [2.75, 3.05) is 32.9 Å². The third-order valence-electron chi connectivity index (χ3n) is 0.846. The molecule has 1 saturated heterocycles. The largest absolute Gasteiger partial charge is 0.397 e. The van der Waals surface area contributed by atoms with Crippen LogP contribution in [-0.2, 0) is 4.74 Å². The van der Waals surface area contributed by atoms with Crippen molar-refractivity contribution in [1.82, 2.24) is 11.5 Å². The topological polar surface area (TPSA) is 76.5 Å². The molecule has 0 aromatic rings. The molecule has 0 bridgehead atoms. The van der Waals surface area contributed by atoms with E-state index in [1.54, 1.807) is 6.92 Å². The van der Waals surface area contributed by atoms with Crippen molar-refractivity contribution < 1.29 is 9.84 Å². The maximum Gasteiger partial charge on any atom is 0.0591 e. The van der Waals surface area contributed by atoms with Gasteiger partial charge in [-0.25, -0.2) is 0 Å². The highest BCUT2D eigenvalue weighted by atomic mass is 16.5. The average molecular weight is 150 g/mol. The minimum absolute atomic E-state index is 0. The SMILES string of the molecule is C1COCCN1.CCO.N. The Balaban J connectivity index is 0. The van der Waals surface area contributed by atoms with E-state index in [-0.39, 0.29) is 12.8 Å². The van der Waals surface area contributed by atoms with Gasteiger partial charge in [-0.15, -0.1) is 0 Å². The van der Waals surface area contributed by atoms with Gasteiger partial charge in [0.15, 0.2) is 0 Å². The van der Waals surface area contributed by atoms with Gasteiger partial charge in [0.05, 0.1) is 13.2 Å². The van der Waals surface area contributed by atoms with Crippen LogP contribution in [0.25, 0.3) is 0 Å². The molecule has 4 heteroatoms. The maximum absolute atomic E-state index is 7.57. The molecule has 0 atom stereocenters. The second kappa shape index (κ2) is 11.6. The minimum atomic E-state index is 0. The van der Waals surface area contributed by atoms with Crippen LogP contribution in [0.4, 0.5) is 0 Å². The summed E-state index contributed by atoms with van der Waals surface area (Å²) in [5.74, 6) is 0. The highest BCUT2D eigenvalue weighted by Crippen LogP contribution is 1.76. The van der Waals surface area contributed by atoms with Crippen LogP contribution in [0.15, 0.2) is 0 Å². The summed E-state index contributed by atoms with van der Waals surface area (Å²) in [4.78, 5) is 0. The van der Waals surface area contributed by atoms with Crippen LogP contribution in [0.3, 0.4) is 0 Å². The van der Waals surface area contributed by atoms with Crippen LogP contribution < -0.4 is 11.5 Å². The van der Waals surface area contributed by atoms with Crippen molar-refractivity contribution >= 4 is 0 Å². The number of aliphatic hydroxyl groups is 1. The predicted octanol–water partition coefficient (Wildman–Crippen LogP) is -0.233. The van der Waals surface area contributed by atoms with E-state index in [2.05, 4.69) is 5.32 Å². The number of aliphatic hydroxyl groups excluding tert-OH is 1. The van der Waals surface area contributed by atoms with E-state index in [1.807, 2.05) is 0 Å². The van der Waals surface area contributed by atoms with Crippen molar-refractivity contribution in [3.63, 3.8) is 0 Å². The first-order valence-corrected chi connectivity index (χ1v) is 3.31. The lowest BCUT2D eigenvalue weighted by Gasteiger charge is -2.10. The number of ether oxygens (including phenoxy) is 1. The molecule has 0 unspecified atom stereocenters. The van der Waals surface area contributed by atoms with Gasteiger partial charge in [0.2, 0.25) is 0 Å². The van der Waals surface area contributed by atoms with Crippen LogP contribution in [0, 0.1) is 0 Å². The molecular formula is C6H18N2O2. The van der Waals surface area contributed by atoms with E-state index in [9.17, 15) is 0 Å². The van der Waals surface area contributed by atoms with E-state index < -0.39 is 0 Å². The molecule has 0 aromatic heterocycles. The van der Waals surface area contributed by atoms with Crippen LogP contribution >= 0.6 is 0 Å². The molecule has 10 heavy (non-hydrogen) atoms. The van der Waals surface area contributed by atoms with E-state index >= 15 is 0 Å². The fourth-order valence-electron chi connectivity index (χ4n) is 0.516. The summed E-state index contributed by atoms with van der Waals surface area (Å²) in [5, 5.41) is 10.7. The summed E-state index contributed by atoms with van der Waals surface area (Å²) >= 11 is 0. The lowest BCUT2D eigenvalue weighted by molar-refractivity contribution is 0.109. The highest BCUT2D eigenvalue weighted by Gasteiger charge is 1.92. The summed E-state index contributed by atoms with van der Waals surface area (Å²) in [6, 6.07) is 0. The summed E-state index contributed by atoms with van der Waals surface area (Å²) in [6.45, 7) is 5.76. The Bertz CT molecular complexity index is 37.5. The van der Waals surface area contributed by atoms with Crippen molar-refractivity contribution in [1.29, 1.82) is 0 Å². The monoisotopic (exact) mass is 150 g/mol. The lowest BCUT2D eigenvalue weighted by atomic mass is 10.5. The zero-order valence-electron chi connectivity index (χ0n) is 6.60. The molecule has 4 nitrogen and oxygen atoms in total. The third-order valence-corrected chi connectivity index (χ3v) is 0.846. The molecule has 1 aliphatic heterocycles. The molecular weight excluding hydrogens is 132 g/mol. The number of hydrogen-bond donors (Lipinski definition) is 3. The van der Waals surface area contributed by atoms with Gasteiger partial charge in [0, 0.05) is 19.7 Å². The smallest absolute Gasteiger partial charge is 0.0591 e. The first kappa shape index (κ1) is 12.5. The Hall–Kier alpha value is -0.160. The minimum Gasteiger partial charge on any atom is -0.397 e. The second-order valence-electron chi connectivity index (χ2n) is 1.68. The standard InChI is InChI=1S/C4H9NO.C2H6O.H3N/c1-3-6-4-2-5-1;1-2-3;/h5H,1-4H2;3H,2H2,1H3;1H3. The van der Waals surface area contributed by atoms with Gasteiger partial charge in [-0.2, -0.15) is 0 Å². The predicted molar refractivity (Wildman–Crippen MR) is 41.5 cm³/mol. The number of morpholine rings is 1. The van der Waals surface area contributed by atoms with Gasteiger partial charge in [-0.05, 0) is 6.92 Å². The molecule has 0 aliphatic carbocycles. The molecule has 0 aromatic carbocycles. The number of hydrogen-bond acceptors (Lipinski definition) is 4. The van der Waals surface area contributed by atoms with Crippen LogP contribution in [0.5, 0.6) is 0 Å². The lowest BCUT2D eigenvalue weighted by Crippen LogP contribution is -2.30. The van der Waals surface area contributed by atoms with Crippen molar-refractivity contribution in [2.45, 2.75) is 6.92 Å². The zero-order valence-corrected chi connectivity index (χ0v) is 6.60. The summed E-state index contributed by atoms with van der Waals surface area (Å²) in [7, 11) is 0. The molecule has 1 rings (SSSR count). The van der Waals surface area contributed by atoms with Crippen LogP contribution in [0.2, 0.25) is 0 Å². The van der Waals surface area contributed by atoms with Gasteiger partial charge in [-0.3, -0.25) is 0 Å². The Morgan fingerprint density at radius 2 is 1.80 bits per heavy atom. The quantitative estimate of drug-likeness (QED) is 0.445. The molecule has 64 valence electrons. The summed E-state index contributed by atoms with van der Waals surface area (Å²) < 4.78 is 5.01. The molecule has 1 aliphatic rings. The van der Waals surface area contributed by atoms with E-state index in [4.69, 9.17) is 9.84 Å². The van der Waals surface area contributed by atoms with Gasteiger partial charge < -0.3 is 21.3 Å². The van der Waals surface area contributed by atoms with E-state index in [0.29, 0.717) is 0 Å². The molecule has 0 saturated carbocycles. The highest BCUT2D eigenvalue weighted by molar-refractivity contribution is 4.49. The fourth-order valence-corrected chi connectivity index (χ4v) is 0.516. The molecule has 1 heterocycles. The van der Waals surface area contributed by atoms with Crippen molar-refractivity contribution in [3.8, 4) is 0 Å². The average Bonchev–Trinajstić information content (AvgIpc) is 1.93. The Morgan fingerprint density at radius 1 is 1.40 bits per heavy atom. The zero-order chi connectivity index (χ0) is 6.95. The summed E-state index contributed by atoms with van der Waals surface area (Å²) in [5.41, 5.74) is 0. The first-order valence-electron chi connectivity index (χ1n) is 3.31. The second-order valence-corrected chi connectivity index (χ2v) is 1.68. The van der Waals surface area contributed by atoms with Crippen LogP contribution in [0.1, 0.15) is 6.92 Å². The first-order chi connectivity index (χ1) is 4.41. The molecule has 5 N–H and O–H groups in total. The third kappa shape index (κ3) is 10.8. The van der Waals surface area contributed by atoms with Crippen molar-refractivity contribution in [2.24, 2.45) is 0 Å². The number of rotatable bonds is 0. The number of nitrogens with one attached hydrogen (secondary N) is 1. The Morgan fingerprint density at radius 3 is 1.90 bits per heavy atom. The fraction of sp³-hybridized carbons (Fsp3) is 1.00. The van der Waals surface area contributed by atoms with Gasteiger partial charge in [0.1, 0.15) is 0 Å². The maximum atomic E-state index is 7.57. The van der Waals surface area contributed by atoms with E-state index in [0.717, 1.165) is 26.3 Å². The van der Waals surface area contributed by atoms with E-state index in [1.165, 1.54) is 0 Å². The molecule has 0 radical (unpaired) electrons. The van der Waals surface area contributed by atoms with Crippen molar-refractivity contribution in [3.05, 3.63) is 0 Å². The van der Waals surface area contributed by atoms with Gasteiger partial charge >= 0.3 is 0 Å². The molecule has 0 spiro atoms. The normalized spacial score (nSPS) is 16.2. The summed E-state index contributed by atoms with van der Waals surface area (Å²) in [6.07, 6.45) is 0. The van der Waals surface area contributed by atoms with Crippen LogP contribution in [-0.4, -0.2) is 38.0 Å². The molecule has 1 fully saturated rings. The van der Waals surface area contributed by atoms with Gasteiger partial charge in [0.25, 0.3) is 0 Å².